The van der Waals surface area contributed by atoms with Gasteiger partial charge in [0.25, 0.3) is 0 Å². The van der Waals surface area contributed by atoms with Crippen LogP contribution in [-0.2, 0) is 4.79 Å². The van der Waals surface area contributed by atoms with Gasteiger partial charge in [0.15, 0.2) is 0 Å². The first kappa shape index (κ1) is 13.8. The Morgan fingerprint density at radius 1 is 1.40 bits per heavy atom. The Balaban J connectivity index is 0.00000196. The average Bonchev–Trinajstić information content (AvgIpc) is 2.19. The van der Waals surface area contributed by atoms with Crippen molar-refractivity contribution in [1.82, 2.24) is 0 Å². The Morgan fingerprint density at radius 2 is 1.93 bits per heavy atom. The van der Waals surface area contributed by atoms with Gasteiger partial charge in [0.05, 0.1) is 13.0 Å². The molecule has 0 aliphatic heterocycles. The van der Waals surface area contributed by atoms with Crippen molar-refractivity contribution >= 4 is 18.4 Å². The van der Waals surface area contributed by atoms with Crippen molar-refractivity contribution in [1.29, 1.82) is 0 Å². The number of benzene rings is 1. The lowest BCUT2D eigenvalue weighted by atomic mass is 9.97. The van der Waals surface area contributed by atoms with Crippen LogP contribution < -0.4 is 4.74 Å². The normalized spacial score (nSPS) is 11.3. The fourth-order valence-electron chi connectivity index (χ4n) is 1.39. The molecule has 0 bridgehead atoms. The Hall–Kier alpha value is -1.22. The van der Waals surface area contributed by atoms with E-state index >= 15 is 0 Å². The monoisotopic (exact) mass is 230 g/mol. The van der Waals surface area contributed by atoms with Crippen LogP contribution in [0.1, 0.15) is 24.8 Å². The van der Waals surface area contributed by atoms with Crippen LogP contribution in [0, 0.1) is 0 Å². The minimum Gasteiger partial charge on any atom is -0.497 e. The van der Waals surface area contributed by atoms with Crippen LogP contribution in [0.25, 0.3) is 0 Å². The molecule has 1 unspecified atom stereocenters. The predicted molar refractivity (Wildman–Crippen MR) is 60.9 cm³/mol. The summed E-state index contributed by atoms with van der Waals surface area (Å²) < 4.78 is 5.00. The molecule has 4 heteroatoms. The third-order valence-corrected chi connectivity index (χ3v) is 2.22. The zero-order chi connectivity index (χ0) is 10.6. The number of ether oxygens (including phenoxy) is 1. The average molecular weight is 231 g/mol. The summed E-state index contributed by atoms with van der Waals surface area (Å²) in [5, 5.41) is 8.92. The Labute approximate surface area is 95.5 Å². The van der Waals surface area contributed by atoms with Gasteiger partial charge in [-0.1, -0.05) is 19.1 Å². The molecular formula is C11H15ClO3. The second-order valence-electron chi connectivity index (χ2n) is 3.07. The van der Waals surface area contributed by atoms with E-state index in [9.17, 15) is 4.79 Å². The van der Waals surface area contributed by atoms with E-state index < -0.39 is 11.9 Å². The second-order valence-corrected chi connectivity index (χ2v) is 3.07. The van der Waals surface area contributed by atoms with E-state index in [4.69, 9.17) is 9.84 Å². The van der Waals surface area contributed by atoms with Crippen molar-refractivity contribution in [3.8, 4) is 5.75 Å². The number of hydrogen-bond acceptors (Lipinski definition) is 2. The molecule has 0 aromatic heterocycles. The molecule has 0 amide bonds. The van der Waals surface area contributed by atoms with Crippen molar-refractivity contribution in [2.75, 3.05) is 7.11 Å². The van der Waals surface area contributed by atoms with Crippen LogP contribution in [-0.4, -0.2) is 18.2 Å². The quantitative estimate of drug-likeness (QED) is 0.865. The third kappa shape index (κ3) is 3.44. The van der Waals surface area contributed by atoms with E-state index in [-0.39, 0.29) is 12.4 Å². The molecule has 0 aliphatic carbocycles. The minimum absolute atomic E-state index is 0. The molecule has 1 rings (SSSR count). The maximum absolute atomic E-state index is 10.9. The summed E-state index contributed by atoms with van der Waals surface area (Å²) in [5.41, 5.74) is 0.820. The van der Waals surface area contributed by atoms with E-state index in [1.807, 2.05) is 6.92 Å². The van der Waals surface area contributed by atoms with Gasteiger partial charge in [-0.25, -0.2) is 0 Å². The van der Waals surface area contributed by atoms with Gasteiger partial charge in [-0.05, 0) is 24.1 Å². The Bertz CT molecular complexity index is 308. The van der Waals surface area contributed by atoms with Crippen molar-refractivity contribution < 1.29 is 14.6 Å². The highest BCUT2D eigenvalue weighted by atomic mass is 35.5. The largest absolute Gasteiger partial charge is 0.497 e. The van der Waals surface area contributed by atoms with E-state index in [0.29, 0.717) is 6.42 Å². The predicted octanol–water partition coefficient (Wildman–Crippen LogP) is 2.70. The molecule has 0 saturated heterocycles. The summed E-state index contributed by atoms with van der Waals surface area (Å²) in [6.07, 6.45) is 0.599. The van der Waals surface area contributed by atoms with Crippen LogP contribution in [0.2, 0.25) is 0 Å². The summed E-state index contributed by atoms with van der Waals surface area (Å²) in [4.78, 5) is 10.9. The van der Waals surface area contributed by atoms with Crippen LogP contribution in [0.15, 0.2) is 24.3 Å². The van der Waals surface area contributed by atoms with E-state index in [1.54, 1.807) is 31.4 Å². The zero-order valence-corrected chi connectivity index (χ0v) is 9.58. The highest BCUT2D eigenvalue weighted by molar-refractivity contribution is 5.85. The number of aliphatic carboxylic acids is 1. The molecule has 84 valence electrons. The Kier molecular flexibility index (Phi) is 5.79. The lowest BCUT2D eigenvalue weighted by Crippen LogP contribution is -2.10. The molecule has 0 saturated carbocycles. The van der Waals surface area contributed by atoms with Gasteiger partial charge in [0.2, 0.25) is 0 Å². The summed E-state index contributed by atoms with van der Waals surface area (Å²) in [6.45, 7) is 1.86. The van der Waals surface area contributed by atoms with Crippen LogP contribution in [0.3, 0.4) is 0 Å². The molecule has 0 spiro atoms. The van der Waals surface area contributed by atoms with Gasteiger partial charge in [-0.2, -0.15) is 0 Å². The lowest BCUT2D eigenvalue weighted by molar-refractivity contribution is -0.138. The maximum atomic E-state index is 10.9. The molecule has 0 radical (unpaired) electrons. The molecule has 15 heavy (non-hydrogen) atoms. The fraction of sp³-hybridized carbons (Fsp3) is 0.364. The van der Waals surface area contributed by atoms with Crippen LogP contribution >= 0.6 is 12.4 Å². The summed E-state index contributed by atoms with van der Waals surface area (Å²) in [6, 6.07) is 7.14. The number of hydrogen-bond donors (Lipinski definition) is 1. The van der Waals surface area contributed by atoms with Crippen molar-refractivity contribution in [2.24, 2.45) is 0 Å². The number of carboxylic acid groups (broad SMARTS) is 1. The van der Waals surface area contributed by atoms with Crippen molar-refractivity contribution in [3.63, 3.8) is 0 Å². The highest BCUT2D eigenvalue weighted by Crippen LogP contribution is 2.22. The lowest BCUT2D eigenvalue weighted by Gasteiger charge is -2.10. The fourth-order valence-corrected chi connectivity index (χ4v) is 1.39. The molecule has 0 aliphatic rings. The molecular weight excluding hydrogens is 216 g/mol. The van der Waals surface area contributed by atoms with E-state index in [0.717, 1.165) is 11.3 Å². The Morgan fingerprint density at radius 3 is 2.27 bits per heavy atom. The topological polar surface area (TPSA) is 46.5 Å². The molecule has 3 nitrogen and oxygen atoms in total. The van der Waals surface area contributed by atoms with Crippen LogP contribution in [0.5, 0.6) is 5.75 Å². The van der Waals surface area contributed by atoms with Gasteiger partial charge >= 0.3 is 5.97 Å². The van der Waals surface area contributed by atoms with Gasteiger partial charge in [0.1, 0.15) is 5.75 Å². The molecule has 1 aromatic carbocycles. The second kappa shape index (κ2) is 6.30. The summed E-state index contributed by atoms with van der Waals surface area (Å²) in [7, 11) is 1.59. The van der Waals surface area contributed by atoms with Crippen LogP contribution in [0.4, 0.5) is 0 Å². The zero-order valence-electron chi connectivity index (χ0n) is 8.77. The molecule has 0 fully saturated rings. The van der Waals surface area contributed by atoms with E-state index in [1.165, 1.54) is 0 Å². The summed E-state index contributed by atoms with van der Waals surface area (Å²) >= 11 is 0. The number of carbonyl (C=O) groups is 1. The van der Waals surface area contributed by atoms with Crippen molar-refractivity contribution in [2.45, 2.75) is 19.3 Å². The van der Waals surface area contributed by atoms with Gasteiger partial charge in [-0.3, -0.25) is 4.79 Å². The molecule has 1 atom stereocenters. The number of halogens is 1. The van der Waals surface area contributed by atoms with E-state index in [2.05, 4.69) is 0 Å². The molecule has 0 heterocycles. The molecule has 1 aromatic rings. The standard InChI is InChI=1S/C11H14O3.ClH/c1-3-10(11(12)13)8-4-6-9(14-2)7-5-8;/h4-7,10H,3H2,1-2H3,(H,12,13);1H. The van der Waals surface area contributed by atoms with Gasteiger partial charge < -0.3 is 9.84 Å². The minimum atomic E-state index is -0.780. The smallest absolute Gasteiger partial charge is 0.310 e. The maximum Gasteiger partial charge on any atom is 0.310 e. The third-order valence-electron chi connectivity index (χ3n) is 2.22. The first-order valence-corrected chi connectivity index (χ1v) is 4.55. The highest BCUT2D eigenvalue weighted by Gasteiger charge is 2.16. The summed E-state index contributed by atoms with van der Waals surface area (Å²) in [5.74, 6) is -0.451. The number of methoxy groups -OCH3 is 1. The first-order chi connectivity index (χ1) is 6.69. The number of rotatable bonds is 4. The van der Waals surface area contributed by atoms with Gasteiger partial charge in [-0.15, -0.1) is 12.4 Å². The van der Waals surface area contributed by atoms with Crippen molar-refractivity contribution in [3.05, 3.63) is 29.8 Å². The van der Waals surface area contributed by atoms with Gasteiger partial charge in [0, 0.05) is 0 Å². The molecule has 1 N–H and O–H groups in total. The number of carboxylic acids is 1. The SMILES string of the molecule is CCC(C(=O)O)c1ccc(OC)cc1.Cl. The first-order valence-electron chi connectivity index (χ1n) is 4.55.